The molecule has 0 spiro atoms. The summed E-state index contributed by atoms with van der Waals surface area (Å²) in [5, 5.41) is 3.18. The molecule has 0 aliphatic carbocycles. The van der Waals surface area contributed by atoms with Crippen molar-refractivity contribution in [1.82, 2.24) is 0 Å². The molecule has 2 rings (SSSR count). The maximum Gasteiger partial charge on any atom is 0.220 e. The first-order chi connectivity index (χ1) is 8.69. The predicted molar refractivity (Wildman–Crippen MR) is 73.4 cm³/mol. The van der Waals surface area contributed by atoms with Crippen molar-refractivity contribution in [2.24, 2.45) is 0 Å². The third-order valence-electron chi connectivity index (χ3n) is 2.49. The fourth-order valence-corrected chi connectivity index (χ4v) is 1.54. The molecule has 4 nitrogen and oxygen atoms in total. The summed E-state index contributed by atoms with van der Waals surface area (Å²) in [5.41, 5.74) is 7.88. The molecule has 3 N–H and O–H groups in total. The normalized spacial score (nSPS) is 9.83. The van der Waals surface area contributed by atoms with Crippen molar-refractivity contribution >= 4 is 17.1 Å². The molecule has 0 amide bonds. The van der Waals surface area contributed by atoms with Gasteiger partial charge < -0.3 is 15.8 Å². The highest BCUT2D eigenvalue weighted by molar-refractivity contribution is 5.61. The second-order valence-electron chi connectivity index (χ2n) is 3.80. The lowest BCUT2D eigenvalue weighted by atomic mass is 10.3. The number of nitrogens with one attached hydrogen (secondary N) is 1. The second-order valence-corrected chi connectivity index (χ2v) is 3.80. The minimum absolute atomic E-state index is 0.150. The molecule has 0 radical (unpaired) electrons. The zero-order chi connectivity index (χ0) is 13.0. The van der Waals surface area contributed by atoms with Gasteiger partial charge in [-0.25, -0.2) is 0 Å². The van der Waals surface area contributed by atoms with Crippen LogP contribution < -0.4 is 21.2 Å². The number of anilines is 3. The molecule has 0 heterocycles. The summed E-state index contributed by atoms with van der Waals surface area (Å²) < 4.78 is 4.97. The van der Waals surface area contributed by atoms with E-state index in [1.54, 1.807) is 18.2 Å². The van der Waals surface area contributed by atoms with Crippen LogP contribution in [0.4, 0.5) is 17.1 Å². The van der Waals surface area contributed by atoms with Crippen LogP contribution in [0, 0.1) is 0 Å². The Balaban J connectivity index is 2.27. The summed E-state index contributed by atoms with van der Waals surface area (Å²) in [6, 6.07) is 14.0. The van der Waals surface area contributed by atoms with E-state index in [1.165, 1.54) is 13.2 Å². The van der Waals surface area contributed by atoms with Crippen molar-refractivity contribution < 1.29 is 4.74 Å². The average molecular weight is 242 g/mol. The summed E-state index contributed by atoms with van der Waals surface area (Å²) in [6.07, 6.45) is 0. The summed E-state index contributed by atoms with van der Waals surface area (Å²) in [5.74, 6) is 0.320. The molecule has 2 aromatic carbocycles. The highest BCUT2D eigenvalue weighted by Gasteiger charge is 1.97. The number of benzene rings is 1. The van der Waals surface area contributed by atoms with Crippen LogP contribution >= 0.6 is 0 Å². The van der Waals surface area contributed by atoms with E-state index in [4.69, 9.17) is 10.5 Å². The fourth-order valence-electron chi connectivity index (χ4n) is 1.54. The maximum absolute atomic E-state index is 11.5. The van der Waals surface area contributed by atoms with Gasteiger partial charge in [0, 0.05) is 17.1 Å². The van der Waals surface area contributed by atoms with Gasteiger partial charge >= 0.3 is 0 Å². The van der Waals surface area contributed by atoms with Crippen LogP contribution in [0.2, 0.25) is 0 Å². The molecule has 0 bridgehead atoms. The Hall–Kier alpha value is -2.49. The van der Waals surface area contributed by atoms with Crippen LogP contribution in [0.5, 0.6) is 5.75 Å². The Labute approximate surface area is 105 Å². The van der Waals surface area contributed by atoms with Gasteiger partial charge in [0.15, 0.2) is 5.75 Å². The van der Waals surface area contributed by atoms with Gasteiger partial charge in [-0.1, -0.05) is 0 Å². The van der Waals surface area contributed by atoms with E-state index < -0.39 is 0 Å². The van der Waals surface area contributed by atoms with Gasteiger partial charge in [-0.3, -0.25) is 4.79 Å². The summed E-state index contributed by atoms with van der Waals surface area (Å²) in [4.78, 5) is 11.5. The van der Waals surface area contributed by atoms with Gasteiger partial charge in [-0.15, -0.1) is 0 Å². The van der Waals surface area contributed by atoms with E-state index in [0.29, 0.717) is 11.4 Å². The van der Waals surface area contributed by atoms with Crippen molar-refractivity contribution in [3.63, 3.8) is 0 Å². The number of nitrogens with two attached hydrogens (primary N) is 1. The zero-order valence-corrected chi connectivity index (χ0v) is 10.0. The number of hydrogen-bond acceptors (Lipinski definition) is 4. The van der Waals surface area contributed by atoms with Crippen molar-refractivity contribution in [3.8, 4) is 5.75 Å². The van der Waals surface area contributed by atoms with Crippen LogP contribution in [0.15, 0.2) is 53.3 Å². The van der Waals surface area contributed by atoms with Gasteiger partial charge in [0.25, 0.3) is 0 Å². The Morgan fingerprint density at radius 3 is 2.11 bits per heavy atom. The van der Waals surface area contributed by atoms with Crippen LogP contribution in [-0.2, 0) is 0 Å². The topological polar surface area (TPSA) is 64.3 Å². The third kappa shape index (κ3) is 2.79. The minimum Gasteiger partial charge on any atom is -0.493 e. The maximum atomic E-state index is 11.5. The van der Waals surface area contributed by atoms with E-state index in [9.17, 15) is 4.79 Å². The standard InChI is InChI=1S/C14H14N2O2/c1-18-14-9-7-12(6-8-13(14)17)16-11-4-2-10(15)3-5-11/h2-9,16H,15H2,1H3. The first-order valence-corrected chi connectivity index (χ1v) is 5.50. The molecule has 4 heteroatoms. The van der Waals surface area contributed by atoms with Crippen LogP contribution in [0.1, 0.15) is 0 Å². The zero-order valence-electron chi connectivity index (χ0n) is 10.0. The van der Waals surface area contributed by atoms with Crippen molar-refractivity contribution in [1.29, 1.82) is 0 Å². The van der Waals surface area contributed by atoms with E-state index in [1.807, 2.05) is 24.3 Å². The Morgan fingerprint density at radius 2 is 1.50 bits per heavy atom. The van der Waals surface area contributed by atoms with Crippen molar-refractivity contribution in [2.45, 2.75) is 0 Å². The molecule has 18 heavy (non-hydrogen) atoms. The molecule has 0 saturated carbocycles. The predicted octanol–water partition coefficient (Wildman–Crippen LogP) is 2.38. The average Bonchev–Trinajstić information content (AvgIpc) is 2.55. The molecular formula is C14H14N2O2. The van der Waals surface area contributed by atoms with Gasteiger partial charge in [0.2, 0.25) is 5.43 Å². The van der Waals surface area contributed by atoms with Crippen molar-refractivity contribution in [2.75, 3.05) is 18.2 Å². The van der Waals surface area contributed by atoms with Gasteiger partial charge in [-0.05, 0) is 48.5 Å². The largest absolute Gasteiger partial charge is 0.493 e. The highest BCUT2D eigenvalue weighted by Crippen LogP contribution is 2.17. The summed E-state index contributed by atoms with van der Waals surface area (Å²) >= 11 is 0. The molecule has 0 aliphatic heterocycles. The monoisotopic (exact) mass is 242 g/mol. The molecular weight excluding hydrogens is 228 g/mol. The van der Waals surface area contributed by atoms with Crippen LogP contribution in [0.25, 0.3) is 0 Å². The Morgan fingerprint density at radius 1 is 0.944 bits per heavy atom. The van der Waals surface area contributed by atoms with E-state index in [0.717, 1.165) is 11.4 Å². The van der Waals surface area contributed by atoms with E-state index in [-0.39, 0.29) is 5.43 Å². The van der Waals surface area contributed by atoms with Crippen LogP contribution in [-0.4, -0.2) is 7.11 Å². The number of methoxy groups -OCH3 is 1. The number of hydrogen-bond donors (Lipinski definition) is 2. The van der Waals surface area contributed by atoms with Gasteiger partial charge in [0.1, 0.15) is 0 Å². The molecule has 2 aromatic rings. The number of ether oxygens (including phenoxy) is 1. The van der Waals surface area contributed by atoms with E-state index in [2.05, 4.69) is 5.32 Å². The SMILES string of the molecule is COc1ccc(Nc2ccc(N)cc2)ccc1=O. The second kappa shape index (κ2) is 5.23. The van der Waals surface area contributed by atoms with Gasteiger partial charge in [0.05, 0.1) is 7.11 Å². The molecule has 0 unspecified atom stereocenters. The summed E-state index contributed by atoms with van der Waals surface area (Å²) in [6.45, 7) is 0. The smallest absolute Gasteiger partial charge is 0.220 e. The van der Waals surface area contributed by atoms with Crippen LogP contribution in [0.3, 0.4) is 0 Å². The van der Waals surface area contributed by atoms with E-state index >= 15 is 0 Å². The lowest BCUT2D eigenvalue weighted by Gasteiger charge is -2.04. The third-order valence-corrected chi connectivity index (χ3v) is 2.49. The first-order valence-electron chi connectivity index (χ1n) is 5.50. The fraction of sp³-hybridized carbons (Fsp3) is 0.0714. The van der Waals surface area contributed by atoms with Crippen molar-refractivity contribution in [3.05, 3.63) is 58.8 Å². The molecule has 92 valence electrons. The molecule has 0 atom stereocenters. The first kappa shape index (κ1) is 12.0. The highest BCUT2D eigenvalue weighted by atomic mass is 16.5. The number of rotatable bonds is 3. The summed E-state index contributed by atoms with van der Waals surface area (Å²) in [7, 11) is 1.48. The molecule has 0 fully saturated rings. The van der Waals surface area contributed by atoms with Gasteiger partial charge in [-0.2, -0.15) is 0 Å². The minimum atomic E-state index is -0.150. The lowest BCUT2D eigenvalue weighted by Crippen LogP contribution is -1.98. The lowest BCUT2D eigenvalue weighted by molar-refractivity contribution is 0.411. The Kier molecular flexibility index (Phi) is 3.48. The molecule has 0 saturated heterocycles. The molecule has 0 aliphatic rings. The quantitative estimate of drug-likeness (QED) is 0.811. The Bertz CT molecular complexity index is 594. The number of nitrogen functional groups attached to an aromatic ring is 1. The molecule has 0 aromatic heterocycles.